The van der Waals surface area contributed by atoms with Gasteiger partial charge in [0.2, 0.25) is 0 Å². The Morgan fingerprint density at radius 3 is 3.00 bits per heavy atom. The Labute approximate surface area is 111 Å². The van der Waals surface area contributed by atoms with Crippen LogP contribution in [-0.4, -0.2) is 29.8 Å². The Hall–Kier alpha value is -2.06. The minimum Gasteiger partial charge on any atom is -0.479 e. The van der Waals surface area contributed by atoms with Crippen LogP contribution in [-0.2, 0) is 9.53 Å². The zero-order valence-electron chi connectivity index (χ0n) is 10.7. The molecule has 1 saturated heterocycles. The van der Waals surface area contributed by atoms with Crippen molar-refractivity contribution in [3.8, 4) is 6.07 Å². The van der Waals surface area contributed by atoms with E-state index in [2.05, 4.69) is 11.4 Å². The molecular weight excluding hydrogens is 244 g/mol. The number of carbonyl (C=O) groups is 1. The molecule has 2 N–H and O–H groups in total. The highest BCUT2D eigenvalue weighted by molar-refractivity contribution is 5.72. The Balaban J connectivity index is 1.93. The van der Waals surface area contributed by atoms with E-state index in [4.69, 9.17) is 15.1 Å². The molecule has 5 nitrogen and oxygen atoms in total. The van der Waals surface area contributed by atoms with Gasteiger partial charge in [-0.1, -0.05) is 6.07 Å². The quantitative estimate of drug-likeness (QED) is 0.864. The van der Waals surface area contributed by atoms with Gasteiger partial charge < -0.3 is 15.2 Å². The third kappa shape index (κ3) is 3.24. The molecule has 0 saturated carbocycles. The summed E-state index contributed by atoms with van der Waals surface area (Å²) >= 11 is 0. The topological polar surface area (TPSA) is 82.4 Å². The molecule has 0 aromatic heterocycles. The zero-order valence-corrected chi connectivity index (χ0v) is 10.7. The van der Waals surface area contributed by atoms with Gasteiger partial charge in [0, 0.05) is 12.2 Å². The normalized spacial score (nSPS) is 21.9. The minimum absolute atomic E-state index is 0.0914. The molecule has 100 valence electrons. The summed E-state index contributed by atoms with van der Waals surface area (Å²) in [5.74, 6) is -0.898. The van der Waals surface area contributed by atoms with Gasteiger partial charge in [0.05, 0.1) is 17.7 Å². The van der Waals surface area contributed by atoms with Gasteiger partial charge in [0.15, 0.2) is 6.10 Å². The first kappa shape index (κ1) is 13.4. The van der Waals surface area contributed by atoms with E-state index in [-0.39, 0.29) is 6.10 Å². The van der Waals surface area contributed by atoms with Crippen LogP contribution in [0.2, 0.25) is 0 Å². The standard InChI is InChI=1S/C14H16N2O3/c1-9-2-3-10(7-15)6-12(9)16-8-11-4-5-13(19-11)14(17)18/h2-3,6,11,13,16H,4-5,8H2,1H3,(H,17,18). The maximum Gasteiger partial charge on any atom is 0.332 e. The van der Waals surface area contributed by atoms with E-state index in [1.807, 2.05) is 13.0 Å². The summed E-state index contributed by atoms with van der Waals surface area (Å²) in [5.41, 5.74) is 2.54. The predicted octanol–water partition coefficient (Wildman–Crippen LogP) is 1.91. The van der Waals surface area contributed by atoms with E-state index < -0.39 is 12.1 Å². The average Bonchev–Trinajstić information content (AvgIpc) is 2.87. The fourth-order valence-electron chi connectivity index (χ4n) is 2.14. The minimum atomic E-state index is -0.898. The van der Waals surface area contributed by atoms with Crippen LogP contribution < -0.4 is 5.32 Å². The molecule has 1 aliphatic rings. The van der Waals surface area contributed by atoms with Crippen LogP contribution in [0.4, 0.5) is 5.69 Å². The van der Waals surface area contributed by atoms with Crippen molar-refractivity contribution < 1.29 is 14.6 Å². The molecule has 5 heteroatoms. The average molecular weight is 260 g/mol. The summed E-state index contributed by atoms with van der Waals surface area (Å²) in [6.45, 7) is 2.51. The SMILES string of the molecule is Cc1ccc(C#N)cc1NCC1CCC(C(=O)O)O1. The Bertz CT molecular complexity index is 522. The fraction of sp³-hybridized carbons (Fsp3) is 0.429. The number of ether oxygens (including phenoxy) is 1. The maximum absolute atomic E-state index is 10.8. The number of benzene rings is 1. The number of carboxylic acid groups (broad SMARTS) is 1. The summed E-state index contributed by atoms with van der Waals surface area (Å²) in [4.78, 5) is 10.8. The molecule has 0 bridgehead atoms. The molecule has 1 heterocycles. The smallest absolute Gasteiger partial charge is 0.332 e. The number of nitrogens with zero attached hydrogens (tertiary/aromatic N) is 1. The van der Waals surface area contributed by atoms with Gasteiger partial charge in [0.25, 0.3) is 0 Å². The lowest BCUT2D eigenvalue weighted by molar-refractivity contribution is -0.149. The first-order valence-electron chi connectivity index (χ1n) is 6.23. The lowest BCUT2D eigenvalue weighted by Crippen LogP contribution is -2.24. The highest BCUT2D eigenvalue weighted by atomic mass is 16.5. The van der Waals surface area contributed by atoms with E-state index in [1.165, 1.54) is 0 Å². The van der Waals surface area contributed by atoms with E-state index in [0.717, 1.165) is 17.7 Å². The number of aryl methyl sites for hydroxylation is 1. The molecule has 2 unspecified atom stereocenters. The summed E-state index contributed by atoms with van der Waals surface area (Å²) in [7, 11) is 0. The van der Waals surface area contributed by atoms with Crippen LogP contribution >= 0.6 is 0 Å². The number of aliphatic carboxylic acids is 1. The molecule has 0 aliphatic carbocycles. The number of carboxylic acids is 1. The highest BCUT2D eigenvalue weighted by Crippen LogP contribution is 2.22. The van der Waals surface area contributed by atoms with Gasteiger partial charge in [-0.05, 0) is 37.5 Å². The first-order valence-corrected chi connectivity index (χ1v) is 6.23. The van der Waals surface area contributed by atoms with Crippen molar-refractivity contribution in [1.29, 1.82) is 5.26 Å². The Morgan fingerprint density at radius 2 is 2.37 bits per heavy atom. The van der Waals surface area contributed by atoms with E-state index in [0.29, 0.717) is 18.5 Å². The van der Waals surface area contributed by atoms with Crippen LogP contribution in [0.25, 0.3) is 0 Å². The zero-order chi connectivity index (χ0) is 13.8. The van der Waals surface area contributed by atoms with Crippen molar-refractivity contribution in [2.24, 2.45) is 0 Å². The maximum atomic E-state index is 10.8. The summed E-state index contributed by atoms with van der Waals surface area (Å²) in [6, 6.07) is 7.54. The Morgan fingerprint density at radius 1 is 1.58 bits per heavy atom. The second-order valence-corrected chi connectivity index (χ2v) is 4.68. The molecule has 1 aliphatic heterocycles. The molecule has 0 amide bonds. The van der Waals surface area contributed by atoms with Crippen molar-refractivity contribution in [3.63, 3.8) is 0 Å². The Kier molecular flexibility index (Phi) is 4.03. The molecular formula is C14H16N2O3. The van der Waals surface area contributed by atoms with Gasteiger partial charge >= 0.3 is 5.97 Å². The number of rotatable bonds is 4. The van der Waals surface area contributed by atoms with Crippen molar-refractivity contribution in [1.82, 2.24) is 0 Å². The van der Waals surface area contributed by atoms with Crippen LogP contribution in [0.3, 0.4) is 0 Å². The molecule has 0 radical (unpaired) electrons. The summed E-state index contributed by atoms with van der Waals surface area (Å²) < 4.78 is 5.41. The predicted molar refractivity (Wildman–Crippen MR) is 69.9 cm³/mol. The second-order valence-electron chi connectivity index (χ2n) is 4.68. The number of hydrogen-bond donors (Lipinski definition) is 2. The number of hydrogen-bond acceptors (Lipinski definition) is 4. The van der Waals surface area contributed by atoms with Gasteiger partial charge in [-0.25, -0.2) is 4.79 Å². The summed E-state index contributed by atoms with van der Waals surface area (Å²) in [5, 5.41) is 20.9. The molecule has 19 heavy (non-hydrogen) atoms. The number of nitrogens with one attached hydrogen (secondary N) is 1. The first-order chi connectivity index (χ1) is 9.10. The second kappa shape index (κ2) is 5.72. The third-order valence-electron chi connectivity index (χ3n) is 3.27. The van der Waals surface area contributed by atoms with E-state index in [1.54, 1.807) is 12.1 Å². The van der Waals surface area contributed by atoms with Gasteiger partial charge in [0.1, 0.15) is 0 Å². The largest absolute Gasteiger partial charge is 0.479 e. The molecule has 1 aromatic carbocycles. The van der Waals surface area contributed by atoms with Gasteiger partial charge in [-0.15, -0.1) is 0 Å². The van der Waals surface area contributed by atoms with Crippen LogP contribution in [0.15, 0.2) is 18.2 Å². The monoisotopic (exact) mass is 260 g/mol. The lowest BCUT2D eigenvalue weighted by atomic mass is 10.1. The van der Waals surface area contributed by atoms with Crippen molar-refractivity contribution in [2.45, 2.75) is 32.0 Å². The number of anilines is 1. The molecule has 2 rings (SSSR count). The van der Waals surface area contributed by atoms with Crippen molar-refractivity contribution >= 4 is 11.7 Å². The van der Waals surface area contributed by atoms with E-state index in [9.17, 15) is 4.79 Å². The highest BCUT2D eigenvalue weighted by Gasteiger charge is 2.30. The van der Waals surface area contributed by atoms with Gasteiger partial charge in [-0.2, -0.15) is 5.26 Å². The van der Waals surface area contributed by atoms with Gasteiger partial charge in [-0.3, -0.25) is 0 Å². The molecule has 0 spiro atoms. The lowest BCUT2D eigenvalue weighted by Gasteiger charge is -2.15. The summed E-state index contributed by atoms with van der Waals surface area (Å²) in [6.07, 6.45) is 0.518. The van der Waals surface area contributed by atoms with E-state index >= 15 is 0 Å². The molecule has 1 fully saturated rings. The third-order valence-corrected chi connectivity index (χ3v) is 3.27. The van der Waals surface area contributed by atoms with Crippen molar-refractivity contribution in [2.75, 3.05) is 11.9 Å². The van der Waals surface area contributed by atoms with Crippen LogP contribution in [0.5, 0.6) is 0 Å². The fourth-order valence-corrected chi connectivity index (χ4v) is 2.14. The van der Waals surface area contributed by atoms with Crippen LogP contribution in [0, 0.1) is 18.3 Å². The number of nitriles is 1. The van der Waals surface area contributed by atoms with Crippen LogP contribution in [0.1, 0.15) is 24.0 Å². The van der Waals surface area contributed by atoms with Crippen molar-refractivity contribution in [3.05, 3.63) is 29.3 Å². The molecule has 2 atom stereocenters. The molecule has 1 aromatic rings.